The Labute approximate surface area is 212 Å². The molecule has 2 N–H and O–H groups in total. The predicted octanol–water partition coefficient (Wildman–Crippen LogP) is 5.43. The molecule has 9 heteroatoms. The fourth-order valence-corrected chi connectivity index (χ4v) is 5.53. The Bertz CT molecular complexity index is 1330. The summed E-state index contributed by atoms with van der Waals surface area (Å²) in [6, 6.07) is 12.3. The first-order valence-corrected chi connectivity index (χ1v) is 12.3. The van der Waals surface area contributed by atoms with Crippen LogP contribution in [0.4, 0.5) is 15.9 Å². The van der Waals surface area contributed by atoms with Crippen molar-refractivity contribution in [2.75, 3.05) is 23.4 Å². The lowest BCUT2D eigenvalue weighted by Crippen LogP contribution is -2.32. The van der Waals surface area contributed by atoms with Gasteiger partial charge in [0, 0.05) is 42.0 Å². The molecule has 3 aliphatic rings. The van der Waals surface area contributed by atoms with Crippen LogP contribution in [0.1, 0.15) is 34.9 Å². The summed E-state index contributed by atoms with van der Waals surface area (Å²) in [4.78, 5) is 21.7. The molecular formula is C26H23Cl2FN4O2. The molecule has 4 unspecified atom stereocenters. The van der Waals surface area contributed by atoms with Gasteiger partial charge in [0.05, 0.1) is 16.3 Å². The van der Waals surface area contributed by atoms with Crippen molar-refractivity contribution in [2.45, 2.75) is 31.2 Å². The van der Waals surface area contributed by atoms with Gasteiger partial charge in [-0.25, -0.2) is 9.37 Å². The summed E-state index contributed by atoms with van der Waals surface area (Å²) in [5.74, 6) is -0.111. The monoisotopic (exact) mass is 512 g/mol. The van der Waals surface area contributed by atoms with Gasteiger partial charge in [0.15, 0.2) is 5.82 Å². The number of hydrogen-bond acceptors (Lipinski definition) is 5. The number of amides is 1. The fraction of sp³-hybridized carbons (Fsp3) is 0.308. The van der Waals surface area contributed by atoms with Crippen molar-refractivity contribution in [2.24, 2.45) is 11.7 Å². The van der Waals surface area contributed by atoms with Crippen LogP contribution >= 0.6 is 23.2 Å². The predicted molar refractivity (Wildman–Crippen MR) is 134 cm³/mol. The highest BCUT2D eigenvalue weighted by Crippen LogP contribution is 2.49. The van der Waals surface area contributed by atoms with Gasteiger partial charge in [-0.05, 0) is 54.7 Å². The highest BCUT2D eigenvalue weighted by Gasteiger charge is 2.48. The number of nitrogens with zero attached hydrogens (tertiary/aromatic N) is 3. The van der Waals surface area contributed by atoms with Gasteiger partial charge in [0.25, 0.3) is 5.91 Å². The summed E-state index contributed by atoms with van der Waals surface area (Å²) < 4.78 is 19.9. The molecule has 0 radical (unpaired) electrons. The maximum Gasteiger partial charge on any atom is 0.263 e. The van der Waals surface area contributed by atoms with E-state index in [9.17, 15) is 9.18 Å². The molecule has 2 aliphatic heterocycles. The number of ether oxygens (including phenoxy) is 1. The van der Waals surface area contributed by atoms with Gasteiger partial charge >= 0.3 is 0 Å². The minimum Gasteiger partial charge on any atom is -0.365 e. The number of pyridine rings is 1. The van der Waals surface area contributed by atoms with Crippen LogP contribution in [0.5, 0.6) is 0 Å². The van der Waals surface area contributed by atoms with E-state index in [1.54, 1.807) is 13.2 Å². The molecular weight excluding hydrogens is 490 g/mol. The Kier molecular flexibility index (Phi) is 5.49. The average molecular weight is 513 g/mol. The number of halogens is 3. The normalized spacial score (nSPS) is 24.3. The number of benzene rings is 2. The third-order valence-electron chi connectivity index (χ3n) is 7.14. The van der Waals surface area contributed by atoms with Crippen molar-refractivity contribution in [1.29, 1.82) is 0 Å². The summed E-state index contributed by atoms with van der Waals surface area (Å²) >= 11 is 12.8. The van der Waals surface area contributed by atoms with Crippen LogP contribution in [0.3, 0.4) is 0 Å². The second-order valence-electron chi connectivity index (χ2n) is 9.33. The molecule has 3 fully saturated rings. The van der Waals surface area contributed by atoms with Gasteiger partial charge in [-0.15, -0.1) is 0 Å². The van der Waals surface area contributed by atoms with Crippen LogP contribution in [0.25, 0.3) is 11.1 Å². The zero-order valence-electron chi connectivity index (χ0n) is 18.9. The number of nitrogens with two attached hydrogens (primary N) is 1. The first kappa shape index (κ1) is 22.7. The lowest BCUT2D eigenvalue weighted by molar-refractivity contribution is 0.0988. The summed E-state index contributed by atoms with van der Waals surface area (Å²) in [5.41, 5.74) is 9.08. The molecule has 3 aromatic rings. The van der Waals surface area contributed by atoms with Crippen molar-refractivity contribution in [3.8, 4) is 11.1 Å². The standard InChI is InChI=1S/C26H23Cl2FN4O2/c1-32(26(34)22-18(28)3-2-4-19(22)29)25-21(33-8-7-13-10-20(13)33)11-15(12-31-25)16-9-14(5-6-17(16)27)23-24(30)35-23/h2-6,9,11-13,20,23-24H,7-8,10,30H2,1H3. The molecule has 1 amide bonds. The molecule has 3 heterocycles. The molecule has 6 nitrogen and oxygen atoms in total. The van der Waals surface area contributed by atoms with E-state index in [1.165, 1.54) is 23.1 Å². The summed E-state index contributed by atoms with van der Waals surface area (Å²) in [6.07, 6.45) is 3.45. The van der Waals surface area contributed by atoms with Crippen LogP contribution in [0.15, 0.2) is 48.7 Å². The number of carbonyl (C=O) groups excluding carboxylic acids is 1. The molecule has 6 rings (SSSR count). The smallest absolute Gasteiger partial charge is 0.263 e. The highest BCUT2D eigenvalue weighted by atomic mass is 35.5. The third-order valence-corrected chi connectivity index (χ3v) is 7.78. The summed E-state index contributed by atoms with van der Waals surface area (Å²) in [5, 5.41) is 0.643. The van der Waals surface area contributed by atoms with Crippen LogP contribution in [-0.4, -0.2) is 36.8 Å². The molecule has 2 saturated heterocycles. The molecule has 1 aromatic heterocycles. The molecule has 2 aromatic carbocycles. The van der Waals surface area contributed by atoms with Crippen LogP contribution < -0.4 is 15.5 Å². The van der Waals surface area contributed by atoms with Gasteiger partial charge in [-0.1, -0.05) is 35.3 Å². The van der Waals surface area contributed by atoms with E-state index in [0.717, 1.165) is 41.8 Å². The third kappa shape index (κ3) is 3.96. The first-order valence-electron chi connectivity index (χ1n) is 11.5. The second-order valence-corrected chi connectivity index (χ2v) is 10.1. The minimum atomic E-state index is -0.667. The van der Waals surface area contributed by atoms with E-state index >= 15 is 0 Å². The van der Waals surface area contributed by atoms with Gasteiger partial charge in [0.2, 0.25) is 0 Å². The van der Waals surface area contributed by atoms with Crippen molar-refractivity contribution >= 4 is 40.6 Å². The quantitative estimate of drug-likeness (QED) is 0.461. The zero-order chi connectivity index (χ0) is 24.4. The Morgan fingerprint density at radius 1 is 1.23 bits per heavy atom. The van der Waals surface area contributed by atoms with E-state index in [0.29, 0.717) is 22.8 Å². The summed E-state index contributed by atoms with van der Waals surface area (Å²) in [6.45, 7) is 0.870. The van der Waals surface area contributed by atoms with Crippen molar-refractivity contribution < 1.29 is 13.9 Å². The average Bonchev–Trinajstić information content (AvgIpc) is 3.75. The Morgan fingerprint density at radius 2 is 2.03 bits per heavy atom. The number of aromatic nitrogens is 1. The number of rotatable bonds is 5. The Hall–Kier alpha value is -2.71. The van der Waals surface area contributed by atoms with E-state index in [1.807, 2.05) is 24.3 Å². The number of hydrogen-bond donors (Lipinski definition) is 1. The van der Waals surface area contributed by atoms with Crippen molar-refractivity contribution in [3.05, 3.63) is 75.7 Å². The Morgan fingerprint density at radius 3 is 2.69 bits per heavy atom. The lowest BCUT2D eigenvalue weighted by atomic mass is 10.0. The summed E-state index contributed by atoms with van der Waals surface area (Å²) in [7, 11) is 1.59. The van der Waals surface area contributed by atoms with E-state index < -0.39 is 11.7 Å². The highest BCUT2D eigenvalue weighted by molar-refractivity contribution is 6.34. The number of epoxide rings is 1. The maximum absolute atomic E-state index is 14.5. The fourth-order valence-electron chi connectivity index (χ4n) is 5.06. The molecule has 1 aliphatic carbocycles. The van der Waals surface area contributed by atoms with E-state index in [-0.39, 0.29) is 22.9 Å². The SMILES string of the molecule is CN(C(=O)c1c(F)cccc1Cl)c1ncc(-c2cc(C3OC3N)ccc2Cl)cc1N1CCC2CC21. The van der Waals surface area contributed by atoms with Crippen molar-refractivity contribution in [1.82, 2.24) is 4.98 Å². The van der Waals surface area contributed by atoms with Gasteiger partial charge < -0.3 is 15.4 Å². The number of anilines is 2. The van der Waals surface area contributed by atoms with E-state index in [2.05, 4.69) is 9.88 Å². The molecule has 0 bridgehead atoms. The van der Waals surface area contributed by atoms with Crippen LogP contribution in [-0.2, 0) is 4.74 Å². The first-order chi connectivity index (χ1) is 16.8. The molecule has 1 saturated carbocycles. The molecule has 180 valence electrons. The van der Waals surface area contributed by atoms with Gasteiger partial charge in [-0.2, -0.15) is 0 Å². The molecule has 35 heavy (non-hydrogen) atoms. The van der Waals surface area contributed by atoms with Gasteiger partial charge in [0.1, 0.15) is 18.1 Å². The number of carbonyl (C=O) groups is 1. The van der Waals surface area contributed by atoms with E-state index in [4.69, 9.17) is 33.7 Å². The van der Waals surface area contributed by atoms with Crippen LogP contribution in [0.2, 0.25) is 10.0 Å². The largest absolute Gasteiger partial charge is 0.365 e. The minimum absolute atomic E-state index is 0.0625. The zero-order valence-corrected chi connectivity index (χ0v) is 20.4. The second kappa shape index (κ2) is 8.45. The number of piperidine rings is 1. The number of fused-ring (bicyclic) bond motifs is 1. The van der Waals surface area contributed by atoms with Crippen LogP contribution in [0, 0.1) is 11.7 Å². The van der Waals surface area contributed by atoms with Gasteiger partial charge in [-0.3, -0.25) is 9.69 Å². The maximum atomic E-state index is 14.5. The molecule has 4 atom stereocenters. The molecule has 0 spiro atoms. The van der Waals surface area contributed by atoms with Crippen molar-refractivity contribution in [3.63, 3.8) is 0 Å². The lowest BCUT2D eigenvalue weighted by Gasteiger charge is -2.28. The Balaban J connectivity index is 1.42. The topological polar surface area (TPSA) is 75.0 Å².